The summed E-state index contributed by atoms with van der Waals surface area (Å²) in [5.74, 6) is 0. The van der Waals surface area contributed by atoms with Gasteiger partial charge in [-0.05, 0) is 17.7 Å². The fourth-order valence-electron chi connectivity index (χ4n) is 1.34. The second-order valence-corrected chi connectivity index (χ2v) is 3.87. The Morgan fingerprint density at radius 3 is 2.44 bits per heavy atom. The molecule has 0 spiro atoms. The van der Waals surface area contributed by atoms with Crippen molar-refractivity contribution in [2.45, 2.75) is 12.7 Å². The van der Waals surface area contributed by atoms with Gasteiger partial charge in [-0.15, -0.1) is 0 Å². The van der Waals surface area contributed by atoms with Gasteiger partial charge in [0.25, 0.3) is 0 Å². The first-order chi connectivity index (χ1) is 7.33. The first-order valence-electron chi connectivity index (χ1n) is 4.60. The van der Waals surface area contributed by atoms with Crippen LogP contribution in [-0.4, -0.2) is 19.8 Å². The number of nitrogens with zero attached hydrogens (tertiary/aromatic N) is 1. The van der Waals surface area contributed by atoms with Gasteiger partial charge in [-0.2, -0.15) is 13.2 Å². The van der Waals surface area contributed by atoms with E-state index >= 15 is 0 Å². The second-order valence-electron chi connectivity index (χ2n) is 3.46. The number of anilines is 1. The van der Waals surface area contributed by atoms with Crippen LogP contribution >= 0.6 is 11.6 Å². The van der Waals surface area contributed by atoms with Crippen LogP contribution in [0.5, 0.6) is 0 Å². The highest BCUT2D eigenvalue weighted by Gasteiger charge is 2.29. The number of hydrogen-bond acceptors (Lipinski definition) is 2. The van der Waals surface area contributed by atoms with Gasteiger partial charge in [-0.25, -0.2) is 0 Å². The van der Waals surface area contributed by atoms with E-state index in [1.807, 2.05) is 0 Å². The van der Waals surface area contributed by atoms with Gasteiger partial charge in [-0.3, -0.25) is 0 Å². The molecule has 0 atom stereocenters. The van der Waals surface area contributed by atoms with Crippen LogP contribution in [0.3, 0.4) is 0 Å². The molecule has 0 aliphatic heterocycles. The van der Waals surface area contributed by atoms with Crippen LogP contribution < -0.4 is 10.6 Å². The van der Waals surface area contributed by atoms with Gasteiger partial charge in [0.2, 0.25) is 0 Å². The van der Waals surface area contributed by atoms with Gasteiger partial charge in [0.05, 0.1) is 10.7 Å². The van der Waals surface area contributed by atoms with Crippen molar-refractivity contribution in [2.75, 3.05) is 18.5 Å². The number of halogens is 4. The Balaban J connectivity index is 2.88. The van der Waals surface area contributed by atoms with Gasteiger partial charge in [0.1, 0.15) is 6.54 Å². The lowest BCUT2D eigenvalue weighted by Crippen LogP contribution is -2.31. The third-order valence-electron chi connectivity index (χ3n) is 2.08. The summed E-state index contributed by atoms with van der Waals surface area (Å²) in [4.78, 5) is 1.06. The smallest absolute Gasteiger partial charge is 0.365 e. The quantitative estimate of drug-likeness (QED) is 0.896. The van der Waals surface area contributed by atoms with Crippen LogP contribution in [0, 0.1) is 0 Å². The minimum Gasteiger partial charge on any atom is -0.365 e. The Morgan fingerprint density at radius 1 is 1.38 bits per heavy atom. The molecular formula is C10H12ClF3N2. The standard InChI is InChI=1S/C10H12ClF3N2/c1-16(6-10(12,13)14)9-3-2-7(5-15)4-8(9)11/h2-4H,5-6,15H2,1H3. The van der Waals surface area contributed by atoms with Crippen molar-refractivity contribution in [3.8, 4) is 0 Å². The van der Waals surface area contributed by atoms with Crippen LogP contribution in [0.25, 0.3) is 0 Å². The maximum atomic E-state index is 12.2. The summed E-state index contributed by atoms with van der Waals surface area (Å²) in [5, 5.41) is 0.273. The van der Waals surface area contributed by atoms with Gasteiger partial charge < -0.3 is 10.6 Å². The van der Waals surface area contributed by atoms with Crippen molar-refractivity contribution in [3.63, 3.8) is 0 Å². The summed E-state index contributed by atoms with van der Waals surface area (Å²) in [7, 11) is 1.34. The van der Waals surface area contributed by atoms with Crippen LogP contribution in [0.4, 0.5) is 18.9 Å². The van der Waals surface area contributed by atoms with Crippen LogP contribution in [0.1, 0.15) is 5.56 Å². The van der Waals surface area contributed by atoms with E-state index in [2.05, 4.69) is 0 Å². The van der Waals surface area contributed by atoms with E-state index in [0.717, 1.165) is 10.5 Å². The molecule has 0 fully saturated rings. The summed E-state index contributed by atoms with van der Waals surface area (Å²) >= 11 is 5.87. The summed E-state index contributed by atoms with van der Waals surface area (Å²) in [6.07, 6.45) is -4.25. The van der Waals surface area contributed by atoms with E-state index in [9.17, 15) is 13.2 Å². The molecule has 0 amide bonds. The van der Waals surface area contributed by atoms with E-state index < -0.39 is 12.7 Å². The average molecular weight is 253 g/mol. The average Bonchev–Trinajstić information content (AvgIpc) is 2.14. The van der Waals surface area contributed by atoms with Gasteiger partial charge in [0.15, 0.2) is 0 Å². The molecule has 2 nitrogen and oxygen atoms in total. The maximum absolute atomic E-state index is 12.2. The predicted molar refractivity (Wildman–Crippen MR) is 58.7 cm³/mol. The van der Waals surface area contributed by atoms with Crippen LogP contribution in [0.2, 0.25) is 5.02 Å². The molecule has 6 heteroatoms. The van der Waals surface area contributed by atoms with E-state index in [1.54, 1.807) is 12.1 Å². The Hall–Kier alpha value is -0.940. The highest BCUT2D eigenvalue weighted by molar-refractivity contribution is 6.33. The van der Waals surface area contributed by atoms with E-state index in [-0.39, 0.29) is 5.02 Å². The van der Waals surface area contributed by atoms with Crippen molar-refractivity contribution < 1.29 is 13.2 Å². The first-order valence-corrected chi connectivity index (χ1v) is 4.97. The monoisotopic (exact) mass is 252 g/mol. The third-order valence-corrected chi connectivity index (χ3v) is 2.38. The topological polar surface area (TPSA) is 29.3 Å². The minimum atomic E-state index is -4.25. The Kier molecular flexibility index (Phi) is 4.04. The zero-order valence-corrected chi connectivity index (χ0v) is 9.44. The van der Waals surface area contributed by atoms with E-state index in [0.29, 0.717) is 12.2 Å². The molecule has 0 aliphatic rings. The summed E-state index contributed by atoms with van der Waals surface area (Å²) in [6.45, 7) is -0.725. The maximum Gasteiger partial charge on any atom is 0.405 e. The van der Waals surface area contributed by atoms with Crippen LogP contribution in [-0.2, 0) is 6.54 Å². The molecule has 1 aromatic carbocycles. The van der Waals surface area contributed by atoms with Crippen molar-refractivity contribution in [2.24, 2.45) is 5.73 Å². The molecule has 0 heterocycles. The van der Waals surface area contributed by atoms with Gasteiger partial charge >= 0.3 is 6.18 Å². The molecule has 2 N–H and O–H groups in total. The number of rotatable bonds is 3. The predicted octanol–water partition coefficient (Wildman–Crippen LogP) is 2.80. The molecule has 0 saturated heterocycles. The lowest BCUT2D eigenvalue weighted by atomic mass is 10.2. The van der Waals surface area contributed by atoms with Crippen LogP contribution in [0.15, 0.2) is 18.2 Å². The number of alkyl halides is 3. The Morgan fingerprint density at radius 2 is 2.00 bits per heavy atom. The summed E-state index contributed by atoms with van der Waals surface area (Å²) in [6, 6.07) is 4.77. The number of benzene rings is 1. The minimum absolute atomic E-state index is 0.273. The molecule has 0 bridgehead atoms. The molecule has 16 heavy (non-hydrogen) atoms. The summed E-state index contributed by atoms with van der Waals surface area (Å²) in [5.41, 5.74) is 6.52. The lowest BCUT2D eigenvalue weighted by Gasteiger charge is -2.22. The molecule has 0 aliphatic carbocycles. The third kappa shape index (κ3) is 3.57. The molecule has 0 unspecified atom stereocenters. The summed E-state index contributed by atoms with van der Waals surface area (Å²) < 4.78 is 36.5. The molecule has 0 radical (unpaired) electrons. The van der Waals surface area contributed by atoms with Crippen molar-refractivity contribution in [1.29, 1.82) is 0 Å². The van der Waals surface area contributed by atoms with E-state index in [4.69, 9.17) is 17.3 Å². The van der Waals surface area contributed by atoms with E-state index in [1.165, 1.54) is 13.1 Å². The number of nitrogens with two attached hydrogens (primary N) is 1. The lowest BCUT2D eigenvalue weighted by molar-refractivity contribution is -0.119. The van der Waals surface area contributed by atoms with Gasteiger partial charge in [0, 0.05) is 13.6 Å². The Labute approximate surface area is 96.8 Å². The Bertz CT molecular complexity index is 366. The fourth-order valence-corrected chi connectivity index (χ4v) is 1.69. The SMILES string of the molecule is CN(CC(F)(F)F)c1ccc(CN)cc1Cl. The largest absolute Gasteiger partial charge is 0.405 e. The van der Waals surface area contributed by atoms with Crippen molar-refractivity contribution in [1.82, 2.24) is 0 Å². The normalized spacial score (nSPS) is 11.6. The zero-order valence-electron chi connectivity index (χ0n) is 8.68. The number of hydrogen-bond donors (Lipinski definition) is 1. The zero-order chi connectivity index (χ0) is 12.3. The molecule has 1 aromatic rings. The highest BCUT2D eigenvalue weighted by Crippen LogP contribution is 2.28. The molecule has 1 rings (SSSR count). The molecular weight excluding hydrogens is 241 g/mol. The van der Waals surface area contributed by atoms with Crippen molar-refractivity contribution >= 4 is 17.3 Å². The molecule has 0 saturated carbocycles. The second kappa shape index (κ2) is 4.93. The van der Waals surface area contributed by atoms with Crippen molar-refractivity contribution in [3.05, 3.63) is 28.8 Å². The van der Waals surface area contributed by atoms with Gasteiger partial charge in [-0.1, -0.05) is 17.7 Å². The molecule has 0 aromatic heterocycles. The highest BCUT2D eigenvalue weighted by atomic mass is 35.5. The molecule has 90 valence electrons. The fraction of sp³-hybridized carbons (Fsp3) is 0.400. The first kappa shape index (κ1) is 13.1.